The number of thiophene rings is 1. The van der Waals surface area contributed by atoms with Crippen molar-refractivity contribution in [2.24, 2.45) is 5.92 Å². The van der Waals surface area contributed by atoms with Gasteiger partial charge in [-0.2, -0.15) is 5.26 Å². The van der Waals surface area contributed by atoms with Crippen LogP contribution in [0.15, 0.2) is 6.07 Å². The summed E-state index contributed by atoms with van der Waals surface area (Å²) in [6.45, 7) is 2.46. The summed E-state index contributed by atoms with van der Waals surface area (Å²) in [5.41, 5.74) is 0.550. The zero-order valence-electron chi connectivity index (χ0n) is 8.93. The fourth-order valence-corrected chi connectivity index (χ4v) is 2.87. The summed E-state index contributed by atoms with van der Waals surface area (Å²) >= 11 is 1.45. The molecule has 1 N–H and O–H groups in total. The van der Waals surface area contributed by atoms with Crippen LogP contribution in [0.4, 0.5) is 5.00 Å². The van der Waals surface area contributed by atoms with E-state index in [0.717, 1.165) is 9.88 Å². The van der Waals surface area contributed by atoms with Crippen molar-refractivity contribution < 1.29 is 9.90 Å². The lowest BCUT2D eigenvalue weighted by molar-refractivity contribution is -0.117. The molecule has 1 fully saturated rings. The molecular formula is C11H12N2O2S. The lowest BCUT2D eigenvalue weighted by Gasteiger charge is -2.14. The van der Waals surface area contributed by atoms with Crippen molar-refractivity contribution in [3.63, 3.8) is 0 Å². The van der Waals surface area contributed by atoms with Crippen molar-refractivity contribution in [1.29, 1.82) is 5.26 Å². The Balaban J connectivity index is 2.31. The summed E-state index contributed by atoms with van der Waals surface area (Å²) in [6, 6.07) is 3.89. The van der Waals surface area contributed by atoms with E-state index in [1.807, 2.05) is 6.92 Å². The van der Waals surface area contributed by atoms with Gasteiger partial charge in [-0.1, -0.05) is 0 Å². The molecule has 0 radical (unpaired) electrons. The minimum Gasteiger partial charge on any atom is -0.396 e. The van der Waals surface area contributed by atoms with Crippen molar-refractivity contribution in [2.45, 2.75) is 13.3 Å². The maximum absolute atomic E-state index is 11.7. The molecule has 16 heavy (non-hydrogen) atoms. The van der Waals surface area contributed by atoms with Crippen LogP contribution in [0.3, 0.4) is 0 Å². The van der Waals surface area contributed by atoms with E-state index in [1.54, 1.807) is 11.0 Å². The number of hydrogen-bond donors (Lipinski definition) is 1. The average Bonchev–Trinajstić information content (AvgIpc) is 2.81. The number of aliphatic hydroxyl groups is 1. The number of amides is 1. The number of carbonyl (C=O) groups excluding carboxylic acids is 1. The first-order chi connectivity index (χ1) is 7.65. The summed E-state index contributed by atoms with van der Waals surface area (Å²) in [7, 11) is 0. The molecule has 1 unspecified atom stereocenters. The normalized spacial score (nSPS) is 20.2. The van der Waals surface area contributed by atoms with Crippen molar-refractivity contribution in [2.75, 3.05) is 18.1 Å². The van der Waals surface area contributed by atoms with Crippen LogP contribution in [0.5, 0.6) is 0 Å². The first-order valence-electron chi connectivity index (χ1n) is 5.07. The second-order valence-corrected chi connectivity index (χ2v) is 5.18. The van der Waals surface area contributed by atoms with Crippen molar-refractivity contribution >= 4 is 22.2 Å². The number of nitriles is 1. The first-order valence-corrected chi connectivity index (χ1v) is 5.89. The van der Waals surface area contributed by atoms with Crippen molar-refractivity contribution in [3.8, 4) is 6.07 Å². The van der Waals surface area contributed by atoms with Gasteiger partial charge in [0.05, 0.1) is 5.56 Å². The fourth-order valence-electron chi connectivity index (χ4n) is 1.88. The summed E-state index contributed by atoms with van der Waals surface area (Å²) in [4.78, 5) is 14.4. The van der Waals surface area contributed by atoms with Crippen LogP contribution in [0.25, 0.3) is 0 Å². The van der Waals surface area contributed by atoms with Gasteiger partial charge >= 0.3 is 0 Å². The highest BCUT2D eigenvalue weighted by Gasteiger charge is 2.32. The van der Waals surface area contributed by atoms with E-state index in [9.17, 15) is 4.79 Å². The lowest BCUT2D eigenvalue weighted by atomic mass is 10.1. The van der Waals surface area contributed by atoms with Gasteiger partial charge in [-0.15, -0.1) is 11.3 Å². The third-order valence-corrected chi connectivity index (χ3v) is 3.74. The molecule has 1 amide bonds. The largest absolute Gasteiger partial charge is 0.396 e. The molecule has 1 aromatic heterocycles. The molecule has 1 aliphatic heterocycles. The van der Waals surface area contributed by atoms with E-state index in [-0.39, 0.29) is 18.4 Å². The molecule has 0 spiro atoms. The summed E-state index contributed by atoms with van der Waals surface area (Å²) in [6.07, 6.45) is 0.373. The molecule has 1 aromatic rings. The zero-order chi connectivity index (χ0) is 11.7. The molecule has 5 heteroatoms. The van der Waals surface area contributed by atoms with Gasteiger partial charge in [-0.05, 0) is 13.0 Å². The van der Waals surface area contributed by atoms with Gasteiger partial charge in [0.15, 0.2) is 0 Å². The van der Waals surface area contributed by atoms with Crippen LogP contribution < -0.4 is 4.90 Å². The highest BCUT2D eigenvalue weighted by Crippen LogP contribution is 2.34. The molecule has 2 heterocycles. The molecule has 0 aromatic carbocycles. The third kappa shape index (κ3) is 1.82. The van der Waals surface area contributed by atoms with Gasteiger partial charge in [0.2, 0.25) is 5.91 Å². The van der Waals surface area contributed by atoms with Crippen LogP contribution in [-0.4, -0.2) is 24.2 Å². The fraction of sp³-hybridized carbons (Fsp3) is 0.455. The third-order valence-electron chi connectivity index (χ3n) is 2.66. The topological polar surface area (TPSA) is 64.3 Å². The number of hydrogen-bond acceptors (Lipinski definition) is 4. The summed E-state index contributed by atoms with van der Waals surface area (Å²) in [5.74, 6) is -0.00107. The highest BCUT2D eigenvalue weighted by atomic mass is 32.1. The number of carbonyl (C=O) groups is 1. The molecule has 1 aliphatic rings. The van der Waals surface area contributed by atoms with Gasteiger partial charge in [-0.25, -0.2) is 0 Å². The smallest absolute Gasteiger partial charge is 0.228 e. The van der Waals surface area contributed by atoms with E-state index in [4.69, 9.17) is 10.4 Å². The minimum atomic E-state index is -0.00241. The molecule has 0 saturated carbocycles. The Labute approximate surface area is 97.7 Å². The van der Waals surface area contributed by atoms with E-state index in [0.29, 0.717) is 18.5 Å². The molecule has 0 aliphatic carbocycles. The van der Waals surface area contributed by atoms with Crippen LogP contribution in [-0.2, 0) is 4.79 Å². The Kier molecular flexibility index (Phi) is 2.95. The molecule has 0 bridgehead atoms. The second-order valence-electron chi connectivity index (χ2n) is 3.94. The minimum absolute atomic E-state index is 0.00134. The monoisotopic (exact) mass is 236 g/mol. The molecule has 84 valence electrons. The van der Waals surface area contributed by atoms with E-state index in [2.05, 4.69) is 6.07 Å². The Morgan fingerprint density at radius 1 is 1.75 bits per heavy atom. The number of aliphatic hydroxyl groups excluding tert-OH is 1. The van der Waals surface area contributed by atoms with E-state index < -0.39 is 0 Å². The van der Waals surface area contributed by atoms with Crippen LogP contribution in [0.2, 0.25) is 0 Å². The summed E-state index contributed by atoms with van der Waals surface area (Å²) in [5, 5.41) is 18.7. The predicted octanol–water partition coefficient (Wildman–Crippen LogP) is 1.27. The SMILES string of the molecule is Cc1cc(C#N)c(N2CC(CO)CC2=O)s1. The molecular weight excluding hydrogens is 224 g/mol. The maximum atomic E-state index is 11.7. The number of aryl methyl sites for hydroxylation is 1. The van der Waals surface area contributed by atoms with E-state index >= 15 is 0 Å². The Bertz CT molecular complexity index is 461. The van der Waals surface area contributed by atoms with E-state index in [1.165, 1.54) is 11.3 Å². The average molecular weight is 236 g/mol. The molecule has 1 atom stereocenters. The second kappa shape index (κ2) is 4.24. The Morgan fingerprint density at radius 3 is 3.06 bits per heavy atom. The molecule has 2 rings (SSSR count). The van der Waals surface area contributed by atoms with Gasteiger partial charge in [0.1, 0.15) is 11.1 Å². The van der Waals surface area contributed by atoms with Crippen LogP contribution >= 0.6 is 11.3 Å². The standard InChI is InChI=1S/C11H12N2O2S/c1-7-2-9(4-12)11(16-7)13-5-8(6-14)3-10(13)15/h2,8,14H,3,5-6H2,1H3. The number of anilines is 1. The van der Waals surface area contributed by atoms with Crippen LogP contribution in [0.1, 0.15) is 16.9 Å². The zero-order valence-corrected chi connectivity index (χ0v) is 9.75. The number of rotatable bonds is 2. The quantitative estimate of drug-likeness (QED) is 0.841. The molecule has 4 nitrogen and oxygen atoms in total. The maximum Gasteiger partial charge on any atom is 0.228 e. The van der Waals surface area contributed by atoms with Crippen molar-refractivity contribution in [3.05, 3.63) is 16.5 Å². The van der Waals surface area contributed by atoms with Gasteiger partial charge in [-0.3, -0.25) is 4.79 Å². The highest BCUT2D eigenvalue weighted by molar-refractivity contribution is 7.16. The predicted molar refractivity (Wildman–Crippen MR) is 61.3 cm³/mol. The summed E-state index contributed by atoms with van der Waals surface area (Å²) < 4.78 is 0. The van der Waals surface area contributed by atoms with Gasteiger partial charge in [0, 0.05) is 30.4 Å². The Morgan fingerprint density at radius 2 is 2.50 bits per heavy atom. The Hall–Kier alpha value is -1.38. The van der Waals surface area contributed by atoms with Gasteiger partial charge < -0.3 is 10.0 Å². The lowest BCUT2D eigenvalue weighted by Crippen LogP contribution is -2.24. The van der Waals surface area contributed by atoms with Crippen LogP contribution in [0, 0.1) is 24.2 Å². The first kappa shape index (κ1) is 11.1. The molecule has 1 saturated heterocycles. The van der Waals surface area contributed by atoms with Crippen molar-refractivity contribution in [1.82, 2.24) is 0 Å². The van der Waals surface area contributed by atoms with Gasteiger partial charge in [0.25, 0.3) is 0 Å². The number of nitrogens with zero attached hydrogens (tertiary/aromatic N) is 2.